The Morgan fingerprint density at radius 1 is 0.597 bits per heavy atom. The second-order valence-electron chi connectivity index (χ2n) is 17.0. The van der Waals surface area contributed by atoms with Crippen molar-refractivity contribution in [2.24, 2.45) is 10.2 Å². The minimum atomic E-state index is -2.60. The fourth-order valence-corrected chi connectivity index (χ4v) is 8.64. The normalized spacial score (nSPS) is 24.1. The minimum Gasteiger partial charge on any atom is -0.463 e. The quantitative estimate of drug-likeness (QED) is 0.0173. The SMILES string of the molecule is CC(=O)OC[C@H]1O[C@H](OC[C@H]2O[C@H](O[C@H](C)[C@H](NC(=O)OCC3c4ccccc4-c4ccccc43)C(=O)Oc3c(F)c(F)c(F)c(F)c3F)[C@H](N=[N+]=[N-])[C@@H](OC(C)=O)[C@H]2OC(C)=O)[C@H](N=[N+]=[N-])[C@@H](OC(C)=O)[C@H]1OC(C)=O. The Balaban J connectivity index is 1.35. The molecule has 1 aliphatic carbocycles. The van der Waals surface area contributed by atoms with E-state index in [4.69, 9.17) is 52.1 Å². The maximum atomic E-state index is 15.0. The summed E-state index contributed by atoms with van der Waals surface area (Å²) in [6, 6.07) is 8.20. The lowest BCUT2D eigenvalue weighted by Crippen LogP contribution is -2.64. The van der Waals surface area contributed by atoms with E-state index in [1.54, 1.807) is 36.4 Å². The molecule has 1 N–H and O–H groups in total. The van der Waals surface area contributed by atoms with Gasteiger partial charge in [0, 0.05) is 50.4 Å². The Labute approximate surface area is 431 Å². The largest absolute Gasteiger partial charge is 0.463 e. The smallest absolute Gasteiger partial charge is 0.407 e. The van der Waals surface area contributed by atoms with Gasteiger partial charge in [0.05, 0.1) is 12.7 Å². The van der Waals surface area contributed by atoms with Gasteiger partial charge in [-0.25, -0.2) is 22.8 Å². The van der Waals surface area contributed by atoms with Gasteiger partial charge in [0.15, 0.2) is 43.0 Å². The number of rotatable bonds is 19. The van der Waals surface area contributed by atoms with E-state index in [9.17, 15) is 66.6 Å². The maximum Gasteiger partial charge on any atom is 0.407 e. The maximum absolute atomic E-state index is 15.0. The Bertz CT molecular complexity index is 2800. The van der Waals surface area contributed by atoms with Crippen LogP contribution < -0.4 is 10.1 Å². The van der Waals surface area contributed by atoms with E-state index >= 15 is 0 Å². The number of nitrogens with zero attached hydrogens (tertiary/aromatic N) is 6. The van der Waals surface area contributed by atoms with Crippen molar-refractivity contribution < 1.29 is 108 Å². The molecular formula is C47H46F5N7O18. The zero-order valence-electron chi connectivity index (χ0n) is 41.2. The van der Waals surface area contributed by atoms with E-state index in [0.717, 1.165) is 63.8 Å². The van der Waals surface area contributed by atoms with Crippen molar-refractivity contribution in [3.63, 3.8) is 0 Å². The molecule has 2 fully saturated rings. The van der Waals surface area contributed by atoms with E-state index < -0.39 is 176 Å². The molecule has 0 saturated carbocycles. The number of esters is 6. The van der Waals surface area contributed by atoms with Gasteiger partial charge in [-0.2, -0.15) is 8.78 Å². The zero-order valence-corrected chi connectivity index (χ0v) is 41.2. The Kier molecular flexibility index (Phi) is 19.3. The third-order valence-corrected chi connectivity index (χ3v) is 11.7. The molecule has 0 aromatic heterocycles. The highest BCUT2D eigenvalue weighted by Crippen LogP contribution is 2.45. The number of amides is 1. The molecule has 0 unspecified atom stereocenters. The summed E-state index contributed by atoms with van der Waals surface area (Å²) in [5.41, 5.74) is 22.5. The van der Waals surface area contributed by atoms with Gasteiger partial charge in [-0.15, -0.1) is 0 Å². The van der Waals surface area contributed by atoms with Crippen LogP contribution in [-0.4, -0.2) is 135 Å². The number of azide groups is 2. The van der Waals surface area contributed by atoms with E-state index in [2.05, 4.69) is 25.4 Å². The molecule has 2 aliphatic heterocycles. The number of ether oxygens (including phenoxy) is 11. The first kappa shape index (κ1) is 58.1. The highest BCUT2D eigenvalue weighted by atomic mass is 19.2. The molecule has 3 aromatic carbocycles. The molecule has 0 radical (unpaired) electrons. The van der Waals surface area contributed by atoms with Crippen molar-refractivity contribution in [2.75, 3.05) is 19.8 Å². The summed E-state index contributed by atoms with van der Waals surface area (Å²) in [5, 5.41) is 9.31. The summed E-state index contributed by atoms with van der Waals surface area (Å²) in [6.45, 7) is 3.72. The molecule has 30 heteroatoms. The standard InChI is InChI=1S/C47H46F5N7O18/c1-18(36(44(65)77-41-34(51)32(49)31(48)33(50)35(41)52)55-47(66)69-15-28-26-13-9-7-11-24(26)25-12-8-10-14-27(25)28)70-46-38(57-59-54)43(74-23(6)64)40(72-21(4)62)30(76-46)17-68-45-37(56-58-53)42(73-22(5)63)39(71-20(3)61)29(75-45)16-67-19(2)60/h7-14,18,28-30,36-40,42-43,45-46H,15-17H2,1-6H3,(H,55,66)/t18-,29-,30-,36+,37-,38-,39+,40+,42-,43-,45+,46+/m1/s1. The van der Waals surface area contributed by atoms with E-state index in [0.29, 0.717) is 0 Å². The topological polar surface area (TPSA) is 331 Å². The first-order valence-corrected chi connectivity index (χ1v) is 22.9. The second kappa shape index (κ2) is 25.6. The van der Waals surface area contributed by atoms with Crippen LogP contribution in [0.2, 0.25) is 0 Å². The van der Waals surface area contributed by atoms with Crippen LogP contribution in [0.3, 0.4) is 0 Å². The minimum absolute atomic E-state index is 0.399. The molecule has 2 heterocycles. The van der Waals surface area contributed by atoms with Gasteiger partial charge in [-0.3, -0.25) is 24.0 Å². The van der Waals surface area contributed by atoms with Gasteiger partial charge < -0.3 is 57.4 Å². The van der Waals surface area contributed by atoms with Crippen molar-refractivity contribution in [2.45, 2.75) is 121 Å². The fraction of sp³-hybridized carbons (Fsp3) is 0.468. The van der Waals surface area contributed by atoms with Crippen molar-refractivity contribution in [3.05, 3.63) is 110 Å². The summed E-state index contributed by atoms with van der Waals surface area (Å²) >= 11 is 0. The average Bonchev–Trinajstić information content (AvgIpc) is 3.70. The van der Waals surface area contributed by atoms with Crippen LogP contribution in [0.15, 0.2) is 58.8 Å². The monoisotopic (exact) mass is 1090 g/mol. The van der Waals surface area contributed by atoms with Gasteiger partial charge in [0.1, 0.15) is 37.5 Å². The van der Waals surface area contributed by atoms with Gasteiger partial charge in [0.2, 0.25) is 34.8 Å². The molecular weight excluding hydrogens is 1050 g/mol. The number of hydrogen-bond acceptors (Lipinski definition) is 20. The highest BCUT2D eigenvalue weighted by Gasteiger charge is 2.54. The lowest BCUT2D eigenvalue weighted by Gasteiger charge is -2.46. The lowest BCUT2D eigenvalue weighted by atomic mass is 9.95. The molecule has 25 nitrogen and oxygen atoms in total. The summed E-state index contributed by atoms with van der Waals surface area (Å²) in [4.78, 5) is 95.0. The van der Waals surface area contributed by atoms with Crippen molar-refractivity contribution in [1.82, 2.24) is 5.32 Å². The van der Waals surface area contributed by atoms with Gasteiger partial charge >= 0.3 is 41.9 Å². The molecule has 12 atom stereocenters. The average molecular weight is 1090 g/mol. The summed E-state index contributed by atoms with van der Waals surface area (Å²) < 4.78 is 134. The third kappa shape index (κ3) is 13.6. The van der Waals surface area contributed by atoms with E-state index in [1.807, 2.05) is 12.1 Å². The molecule has 6 rings (SSSR count). The number of hydrogen-bond donors (Lipinski definition) is 1. The molecule has 77 heavy (non-hydrogen) atoms. The first-order chi connectivity index (χ1) is 36.6. The first-order valence-electron chi connectivity index (χ1n) is 22.9. The number of nitrogens with one attached hydrogen (secondary N) is 1. The third-order valence-electron chi connectivity index (χ3n) is 11.7. The molecule has 0 bridgehead atoms. The van der Waals surface area contributed by atoms with E-state index in [1.165, 1.54) is 0 Å². The number of carbonyl (C=O) groups is 7. The van der Waals surface area contributed by atoms with E-state index in [-0.39, 0.29) is 0 Å². The van der Waals surface area contributed by atoms with Gasteiger partial charge in [-0.1, -0.05) is 58.8 Å². The second-order valence-corrected chi connectivity index (χ2v) is 17.0. The highest BCUT2D eigenvalue weighted by molar-refractivity contribution is 5.84. The predicted molar refractivity (Wildman–Crippen MR) is 242 cm³/mol. The van der Waals surface area contributed by atoms with Crippen LogP contribution in [-0.2, 0) is 76.1 Å². The Morgan fingerprint density at radius 3 is 1.52 bits per heavy atom. The fourth-order valence-electron chi connectivity index (χ4n) is 8.64. The molecule has 0 spiro atoms. The van der Waals surface area contributed by atoms with Crippen LogP contribution >= 0.6 is 0 Å². The Morgan fingerprint density at radius 2 is 1.04 bits per heavy atom. The summed E-state index contributed by atoms with van der Waals surface area (Å²) in [5.74, 6) is -22.4. The van der Waals surface area contributed by atoms with Crippen LogP contribution in [0.1, 0.15) is 58.6 Å². The number of fused-ring (bicyclic) bond motifs is 3. The van der Waals surface area contributed by atoms with Crippen LogP contribution in [0.4, 0.5) is 26.7 Å². The zero-order chi connectivity index (χ0) is 56.4. The molecule has 2 saturated heterocycles. The number of carbonyl (C=O) groups excluding carboxylic acids is 7. The van der Waals surface area contributed by atoms with Gasteiger partial charge in [-0.05, 0) is 40.2 Å². The summed E-state index contributed by atoms with van der Waals surface area (Å²) in [7, 11) is 0. The van der Waals surface area contributed by atoms with Gasteiger partial charge in [0.25, 0.3) is 0 Å². The van der Waals surface area contributed by atoms with Crippen molar-refractivity contribution >= 4 is 41.9 Å². The summed E-state index contributed by atoms with van der Waals surface area (Å²) in [6.07, 6.45) is -17.9. The number of benzene rings is 3. The number of alkyl carbamates (subject to hydrolysis) is 1. The Hall–Kier alpha value is -8.14. The molecule has 412 valence electrons. The molecule has 3 aromatic rings. The van der Waals surface area contributed by atoms with Crippen molar-refractivity contribution in [1.29, 1.82) is 0 Å². The molecule has 3 aliphatic rings. The predicted octanol–water partition coefficient (Wildman–Crippen LogP) is 5.71. The molecule has 1 amide bonds. The van der Waals surface area contributed by atoms with Crippen LogP contribution in [0.5, 0.6) is 5.75 Å². The lowest BCUT2D eigenvalue weighted by molar-refractivity contribution is -0.308. The number of halogens is 5. The van der Waals surface area contributed by atoms with Crippen LogP contribution in [0, 0.1) is 29.1 Å². The van der Waals surface area contributed by atoms with Crippen molar-refractivity contribution in [3.8, 4) is 16.9 Å². The van der Waals surface area contributed by atoms with Crippen LogP contribution in [0.25, 0.3) is 32.0 Å².